The Labute approximate surface area is 127 Å². The summed E-state index contributed by atoms with van der Waals surface area (Å²) < 4.78 is 4.85. The number of ether oxygens (including phenoxy) is 1. The van der Waals surface area contributed by atoms with Gasteiger partial charge in [0.2, 0.25) is 11.8 Å². The minimum absolute atomic E-state index is 0.0258. The lowest BCUT2D eigenvalue weighted by molar-refractivity contribution is -0.136. The van der Waals surface area contributed by atoms with Crippen molar-refractivity contribution in [3.63, 3.8) is 0 Å². The number of carbonyl (C=O) groups is 2. The fourth-order valence-electron chi connectivity index (χ4n) is 2.59. The SMILES string of the molecule is COCC(=O)N1CCC(NC(=O)CCC(C)CCN)CC1. The van der Waals surface area contributed by atoms with Gasteiger partial charge in [0, 0.05) is 32.7 Å². The van der Waals surface area contributed by atoms with Crippen molar-refractivity contribution in [1.82, 2.24) is 10.2 Å². The number of piperidine rings is 1. The summed E-state index contributed by atoms with van der Waals surface area (Å²) in [6.45, 7) is 4.32. The van der Waals surface area contributed by atoms with E-state index in [0.717, 1.165) is 25.7 Å². The Morgan fingerprint density at radius 3 is 2.57 bits per heavy atom. The van der Waals surface area contributed by atoms with Crippen LogP contribution in [0.3, 0.4) is 0 Å². The van der Waals surface area contributed by atoms with E-state index in [-0.39, 0.29) is 24.5 Å². The van der Waals surface area contributed by atoms with E-state index in [2.05, 4.69) is 12.2 Å². The van der Waals surface area contributed by atoms with Gasteiger partial charge < -0.3 is 20.7 Å². The van der Waals surface area contributed by atoms with E-state index in [0.29, 0.717) is 32.0 Å². The van der Waals surface area contributed by atoms with E-state index in [1.807, 2.05) is 0 Å². The molecule has 0 radical (unpaired) electrons. The third kappa shape index (κ3) is 6.91. The van der Waals surface area contributed by atoms with Crippen LogP contribution in [0.15, 0.2) is 0 Å². The molecule has 1 atom stereocenters. The van der Waals surface area contributed by atoms with Crippen molar-refractivity contribution in [3.05, 3.63) is 0 Å². The second-order valence-corrected chi connectivity index (χ2v) is 5.88. The Balaban J connectivity index is 2.20. The van der Waals surface area contributed by atoms with Crippen molar-refractivity contribution in [2.45, 2.75) is 45.1 Å². The lowest BCUT2D eigenvalue weighted by Gasteiger charge is -2.32. The van der Waals surface area contributed by atoms with Gasteiger partial charge in [0.25, 0.3) is 0 Å². The van der Waals surface area contributed by atoms with Gasteiger partial charge in [-0.25, -0.2) is 0 Å². The van der Waals surface area contributed by atoms with E-state index >= 15 is 0 Å². The van der Waals surface area contributed by atoms with Crippen molar-refractivity contribution < 1.29 is 14.3 Å². The Morgan fingerprint density at radius 2 is 2.00 bits per heavy atom. The molecule has 6 nitrogen and oxygen atoms in total. The zero-order chi connectivity index (χ0) is 15.7. The fraction of sp³-hybridized carbons (Fsp3) is 0.867. The Morgan fingerprint density at radius 1 is 1.33 bits per heavy atom. The molecule has 0 bridgehead atoms. The Bertz CT molecular complexity index is 328. The van der Waals surface area contributed by atoms with Crippen LogP contribution in [0.25, 0.3) is 0 Å². The molecule has 1 fully saturated rings. The standard InChI is InChI=1S/C15H29N3O3/c1-12(5-8-16)3-4-14(19)17-13-6-9-18(10-7-13)15(20)11-21-2/h12-13H,3-11,16H2,1-2H3,(H,17,19). The number of nitrogens with one attached hydrogen (secondary N) is 1. The van der Waals surface area contributed by atoms with Gasteiger partial charge in [-0.05, 0) is 38.1 Å². The number of nitrogens with zero attached hydrogens (tertiary/aromatic N) is 1. The van der Waals surface area contributed by atoms with Crippen LogP contribution < -0.4 is 11.1 Å². The van der Waals surface area contributed by atoms with Crippen LogP contribution in [0.4, 0.5) is 0 Å². The molecule has 0 spiro atoms. The molecule has 0 saturated carbocycles. The molecule has 1 aliphatic heterocycles. The lowest BCUT2D eigenvalue weighted by atomic mass is 10.0. The highest BCUT2D eigenvalue weighted by atomic mass is 16.5. The molecule has 122 valence electrons. The van der Waals surface area contributed by atoms with Crippen molar-refractivity contribution >= 4 is 11.8 Å². The molecule has 0 aromatic rings. The van der Waals surface area contributed by atoms with E-state index < -0.39 is 0 Å². The molecule has 21 heavy (non-hydrogen) atoms. The third-order valence-electron chi connectivity index (χ3n) is 4.00. The third-order valence-corrected chi connectivity index (χ3v) is 4.00. The second kappa shape index (κ2) is 9.73. The summed E-state index contributed by atoms with van der Waals surface area (Å²) >= 11 is 0. The first-order chi connectivity index (χ1) is 10.1. The van der Waals surface area contributed by atoms with E-state index in [4.69, 9.17) is 10.5 Å². The molecule has 1 aliphatic rings. The molecule has 0 aliphatic carbocycles. The van der Waals surface area contributed by atoms with Gasteiger partial charge >= 0.3 is 0 Å². The van der Waals surface area contributed by atoms with Crippen molar-refractivity contribution in [2.75, 3.05) is 33.4 Å². The minimum atomic E-state index is 0.0258. The normalized spacial score (nSPS) is 17.6. The first-order valence-electron chi connectivity index (χ1n) is 7.83. The molecule has 1 rings (SSSR count). The highest BCUT2D eigenvalue weighted by Crippen LogP contribution is 2.12. The first-order valence-corrected chi connectivity index (χ1v) is 7.83. The average molecular weight is 299 g/mol. The quantitative estimate of drug-likeness (QED) is 0.684. The summed E-state index contributed by atoms with van der Waals surface area (Å²) in [5.41, 5.74) is 5.50. The van der Waals surface area contributed by atoms with Gasteiger partial charge in [-0.1, -0.05) is 6.92 Å². The van der Waals surface area contributed by atoms with Gasteiger partial charge in [-0.3, -0.25) is 9.59 Å². The largest absolute Gasteiger partial charge is 0.375 e. The van der Waals surface area contributed by atoms with Crippen LogP contribution >= 0.6 is 0 Å². The summed E-state index contributed by atoms with van der Waals surface area (Å²) in [7, 11) is 1.52. The summed E-state index contributed by atoms with van der Waals surface area (Å²) in [5, 5.41) is 3.07. The predicted molar refractivity (Wildman–Crippen MR) is 81.7 cm³/mol. The first kappa shape index (κ1) is 17.9. The van der Waals surface area contributed by atoms with Gasteiger partial charge in [0.1, 0.15) is 6.61 Å². The molecular formula is C15H29N3O3. The lowest BCUT2D eigenvalue weighted by Crippen LogP contribution is -2.47. The maximum atomic E-state index is 11.9. The van der Waals surface area contributed by atoms with Crippen molar-refractivity contribution in [3.8, 4) is 0 Å². The summed E-state index contributed by atoms with van der Waals surface area (Å²) in [6, 6.07) is 0.189. The highest BCUT2D eigenvalue weighted by Gasteiger charge is 2.23. The number of nitrogens with two attached hydrogens (primary N) is 1. The van der Waals surface area contributed by atoms with Crippen LogP contribution in [-0.2, 0) is 14.3 Å². The second-order valence-electron chi connectivity index (χ2n) is 5.88. The topological polar surface area (TPSA) is 84.7 Å². The van der Waals surface area contributed by atoms with E-state index in [1.165, 1.54) is 7.11 Å². The summed E-state index contributed by atoms with van der Waals surface area (Å²) in [4.78, 5) is 25.4. The zero-order valence-corrected chi connectivity index (χ0v) is 13.3. The number of rotatable bonds is 8. The molecule has 2 amide bonds. The van der Waals surface area contributed by atoms with Crippen LogP contribution in [0.1, 0.15) is 39.0 Å². The maximum absolute atomic E-state index is 11.9. The van der Waals surface area contributed by atoms with Gasteiger partial charge in [-0.15, -0.1) is 0 Å². The van der Waals surface area contributed by atoms with Crippen LogP contribution in [-0.4, -0.2) is 56.1 Å². The number of hydrogen-bond donors (Lipinski definition) is 2. The summed E-state index contributed by atoms with van der Waals surface area (Å²) in [6.07, 6.45) is 4.05. The van der Waals surface area contributed by atoms with E-state index in [9.17, 15) is 9.59 Å². The molecule has 6 heteroatoms. The zero-order valence-electron chi connectivity index (χ0n) is 13.3. The molecule has 1 unspecified atom stereocenters. The van der Waals surface area contributed by atoms with Crippen molar-refractivity contribution in [1.29, 1.82) is 0 Å². The molecular weight excluding hydrogens is 270 g/mol. The van der Waals surface area contributed by atoms with Crippen molar-refractivity contribution in [2.24, 2.45) is 11.7 Å². The molecule has 1 saturated heterocycles. The van der Waals surface area contributed by atoms with Gasteiger partial charge in [-0.2, -0.15) is 0 Å². The molecule has 0 aromatic heterocycles. The van der Waals surface area contributed by atoms with Crippen LogP contribution in [0, 0.1) is 5.92 Å². The van der Waals surface area contributed by atoms with Crippen LogP contribution in [0.2, 0.25) is 0 Å². The number of hydrogen-bond acceptors (Lipinski definition) is 4. The number of methoxy groups -OCH3 is 1. The fourth-order valence-corrected chi connectivity index (χ4v) is 2.59. The summed E-state index contributed by atoms with van der Waals surface area (Å²) in [5.74, 6) is 0.632. The molecule has 0 aromatic carbocycles. The predicted octanol–water partition coefficient (Wildman–Crippen LogP) is 0.505. The number of likely N-dealkylation sites (tertiary alicyclic amines) is 1. The number of carbonyl (C=O) groups excluding carboxylic acids is 2. The highest BCUT2D eigenvalue weighted by molar-refractivity contribution is 5.78. The van der Waals surface area contributed by atoms with Gasteiger partial charge in [0.05, 0.1) is 0 Å². The molecule has 1 heterocycles. The Hall–Kier alpha value is -1.14. The molecule has 3 N–H and O–H groups in total. The average Bonchev–Trinajstić information content (AvgIpc) is 2.46. The number of amides is 2. The van der Waals surface area contributed by atoms with E-state index in [1.54, 1.807) is 4.90 Å². The maximum Gasteiger partial charge on any atom is 0.248 e. The minimum Gasteiger partial charge on any atom is -0.375 e. The smallest absolute Gasteiger partial charge is 0.248 e. The Kier molecular flexibility index (Phi) is 8.30. The monoisotopic (exact) mass is 299 g/mol. The van der Waals surface area contributed by atoms with Gasteiger partial charge in [0.15, 0.2) is 0 Å². The van der Waals surface area contributed by atoms with Crippen LogP contribution in [0.5, 0.6) is 0 Å².